The molecule has 1 aromatic carbocycles. The Morgan fingerprint density at radius 3 is 2.46 bits per heavy atom. The van der Waals surface area contributed by atoms with Gasteiger partial charge < -0.3 is 5.11 Å². The zero-order chi connectivity index (χ0) is 18.0. The fraction of sp³-hybridized carbons (Fsp3) is 0.133. The van der Waals surface area contributed by atoms with Crippen molar-refractivity contribution >= 4 is 46.7 Å². The second-order valence-electron chi connectivity index (χ2n) is 4.83. The van der Waals surface area contributed by atoms with Gasteiger partial charge in [0.15, 0.2) is 0 Å². The largest absolute Gasteiger partial charge is 0.494 e. The first kappa shape index (κ1) is 18.1. The zero-order valence-electron chi connectivity index (χ0n) is 12.6. The molecule has 2 aromatic rings. The van der Waals surface area contributed by atoms with Gasteiger partial charge in [0.25, 0.3) is 5.56 Å². The maximum Gasteiger partial charge on any atom is 0.271 e. The minimum absolute atomic E-state index is 0.0701. The van der Waals surface area contributed by atoms with Crippen LogP contribution in [0.5, 0.6) is 5.88 Å². The van der Waals surface area contributed by atoms with E-state index >= 15 is 0 Å². The first-order valence-corrected chi connectivity index (χ1v) is 7.67. The summed E-state index contributed by atoms with van der Waals surface area (Å²) in [6.07, 6.45) is 1.27. The van der Waals surface area contributed by atoms with E-state index in [0.29, 0.717) is 16.3 Å². The Hall–Kier alpha value is -2.20. The van der Waals surface area contributed by atoms with E-state index in [2.05, 4.69) is 10.5 Å². The molecule has 0 saturated carbocycles. The van der Waals surface area contributed by atoms with Crippen LogP contribution in [0, 0.1) is 18.3 Å². The second-order valence-corrected chi connectivity index (χ2v) is 6.08. The summed E-state index contributed by atoms with van der Waals surface area (Å²) in [4.78, 5) is 11.9. The van der Waals surface area contributed by atoms with Gasteiger partial charge in [0.05, 0.1) is 27.5 Å². The van der Waals surface area contributed by atoms with Crippen molar-refractivity contribution in [3.8, 4) is 11.9 Å². The van der Waals surface area contributed by atoms with Crippen molar-refractivity contribution in [1.82, 2.24) is 4.57 Å². The molecule has 24 heavy (non-hydrogen) atoms. The van der Waals surface area contributed by atoms with Crippen LogP contribution in [-0.2, 0) is 7.05 Å². The molecule has 0 saturated heterocycles. The Morgan fingerprint density at radius 1 is 1.33 bits per heavy atom. The summed E-state index contributed by atoms with van der Waals surface area (Å²) >= 11 is 17.9. The minimum atomic E-state index is -0.582. The number of halogens is 3. The molecule has 2 rings (SSSR count). The van der Waals surface area contributed by atoms with Crippen LogP contribution in [0.15, 0.2) is 22.0 Å². The molecule has 0 aliphatic carbocycles. The van der Waals surface area contributed by atoms with Crippen LogP contribution in [0.1, 0.15) is 16.7 Å². The van der Waals surface area contributed by atoms with E-state index in [1.807, 2.05) is 6.07 Å². The Bertz CT molecular complexity index is 922. The van der Waals surface area contributed by atoms with Gasteiger partial charge in [-0.3, -0.25) is 14.8 Å². The first-order chi connectivity index (χ1) is 11.3. The zero-order valence-corrected chi connectivity index (χ0v) is 14.8. The van der Waals surface area contributed by atoms with Gasteiger partial charge in [-0.25, -0.2) is 0 Å². The van der Waals surface area contributed by atoms with Crippen LogP contribution in [-0.4, -0.2) is 15.9 Å². The number of benzene rings is 1. The third kappa shape index (κ3) is 3.34. The van der Waals surface area contributed by atoms with Crippen LogP contribution < -0.4 is 11.0 Å². The summed E-state index contributed by atoms with van der Waals surface area (Å²) < 4.78 is 0.967. The van der Waals surface area contributed by atoms with Gasteiger partial charge in [0.1, 0.15) is 11.6 Å². The molecule has 0 aliphatic heterocycles. The number of rotatable bonds is 3. The van der Waals surface area contributed by atoms with Gasteiger partial charge in [-0.2, -0.15) is 10.4 Å². The summed E-state index contributed by atoms with van der Waals surface area (Å²) in [7, 11) is 1.36. The standard InChI is InChI=1S/C15H11Cl3N4O2/c1-7-9(5-19)14(23)22(2)15(24)10(7)6-20-21-13-11(17)3-8(16)4-12(13)18/h3-4,6,21,24H,1-2H3. The lowest BCUT2D eigenvalue weighted by Crippen LogP contribution is -2.22. The lowest BCUT2D eigenvalue weighted by molar-refractivity contribution is 0.421. The molecule has 0 radical (unpaired) electrons. The van der Waals surface area contributed by atoms with Crippen molar-refractivity contribution in [2.75, 3.05) is 5.43 Å². The number of anilines is 1. The number of aromatic nitrogens is 1. The van der Waals surface area contributed by atoms with Crippen LogP contribution >= 0.6 is 34.8 Å². The summed E-state index contributed by atoms with van der Waals surface area (Å²) in [5, 5.41) is 24.0. The third-order valence-electron chi connectivity index (χ3n) is 3.34. The van der Waals surface area contributed by atoms with E-state index in [9.17, 15) is 9.90 Å². The number of hydrogen-bond acceptors (Lipinski definition) is 5. The molecular weight excluding hydrogens is 375 g/mol. The summed E-state index contributed by atoms with van der Waals surface area (Å²) in [6, 6.07) is 4.81. The van der Waals surface area contributed by atoms with Crippen molar-refractivity contribution in [2.45, 2.75) is 6.92 Å². The molecule has 1 aromatic heterocycles. The highest BCUT2D eigenvalue weighted by Gasteiger charge is 2.15. The van der Waals surface area contributed by atoms with Gasteiger partial charge in [-0.05, 0) is 24.6 Å². The number of nitrogens with zero attached hydrogens (tertiary/aromatic N) is 3. The average molecular weight is 386 g/mol. The normalized spacial score (nSPS) is 10.8. The Kier molecular flexibility index (Phi) is 5.40. The molecule has 0 spiro atoms. The Balaban J connectivity index is 2.43. The van der Waals surface area contributed by atoms with E-state index in [0.717, 1.165) is 4.57 Å². The molecule has 0 amide bonds. The minimum Gasteiger partial charge on any atom is -0.494 e. The maximum atomic E-state index is 11.9. The monoisotopic (exact) mass is 384 g/mol. The quantitative estimate of drug-likeness (QED) is 0.623. The number of aromatic hydroxyl groups is 1. The predicted octanol–water partition coefficient (Wildman–Crippen LogP) is 3.68. The molecule has 124 valence electrons. The predicted molar refractivity (Wildman–Crippen MR) is 95.5 cm³/mol. The van der Waals surface area contributed by atoms with Crippen molar-refractivity contribution in [1.29, 1.82) is 5.26 Å². The van der Waals surface area contributed by atoms with Crippen molar-refractivity contribution in [3.63, 3.8) is 0 Å². The van der Waals surface area contributed by atoms with Crippen LogP contribution in [0.3, 0.4) is 0 Å². The molecule has 9 heteroatoms. The van der Waals surface area contributed by atoms with E-state index in [1.54, 1.807) is 6.92 Å². The van der Waals surface area contributed by atoms with Crippen LogP contribution in [0.2, 0.25) is 15.1 Å². The summed E-state index contributed by atoms with van der Waals surface area (Å²) in [6.45, 7) is 1.54. The number of pyridine rings is 1. The summed E-state index contributed by atoms with van der Waals surface area (Å²) in [5.74, 6) is -0.310. The van der Waals surface area contributed by atoms with Crippen LogP contribution in [0.25, 0.3) is 0 Å². The van der Waals surface area contributed by atoms with Gasteiger partial charge in [0, 0.05) is 12.1 Å². The summed E-state index contributed by atoms with van der Waals surface area (Å²) in [5.41, 5.74) is 2.87. The van der Waals surface area contributed by atoms with Gasteiger partial charge >= 0.3 is 0 Å². The van der Waals surface area contributed by atoms with E-state index in [1.165, 1.54) is 25.4 Å². The number of nitrogens with one attached hydrogen (secondary N) is 1. The highest BCUT2D eigenvalue weighted by Crippen LogP contribution is 2.33. The SMILES string of the molecule is Cc1c(C=NNc2c(Cl)cc(Cl)cc2Cl)c(O)n(C)c(=O)c1C#N. The highest BCUT2D eigenvalue weighted by molar-refractivity contribution is 6.41. The maximum absolute atomic E-state index is 11.9. The average Bonchev–Trinajstić information content (AvgIpc) is 2.51. The first-order valence-electron chi connectivity index (χ1n) is 6.54. The molecular formula is C15H11Cl3N4O2. The molecule has 2 N–H and O–H groups in total. The molecule has 0 atom stereocenters. The van der Waals surface area contributed by atoms with E-state index in [4.69, 9.17) is 40.1 Å². The van der Waals surface area contributed by atoms with E-state index in [-0.39, 0.29) is 27.1 Å². The van der Waals surface area contributed by atoms with Gasteiger partial charge in [-0.1, -0.05) is 34.8 Å². The number of hydrogen-bond donors (Lipinski definition) is 2. The van der Waals surface area contributed by atoms with Crippen molar-refractivity contribution in [3.05, 3.63) is 54.2 Å². The fourth-order valence-corrected chi connectivity index (χ4v) is 2.91. The van der Waals surface area contributed by atoms with Gasteiger partial charge in [-0.15, -0.1) is 0 Å². The number of nitriles is 1. The van der Waals surface area contributed by atoms with Gasteiger partial charge in [0.2, 0.25) is 5.88 Å². The molecule has 0 aliphatic rings. The highest BCUT2D eigenvalue weighted by atomic mass is 35.5. The van der Waals surface area contributed by atoms with E-state index < -0.39 is 5.56 Å². The number of hydrazone groups is 1. The van der Waals surface area contributed by atoms with Crippen molar-refractivity contribution < 1.29 is 5.11 Å². The Morgan fingerprint density at radius 2 is 1.92 bits per heavy atom. The smallest absolute Gasteiger partial charge is 0.271 e. The third-order valence-corrected chi connectivity index (χ3v) is 4.16. The molecule has 6 nitrogen and oxygen atoms in total. The lowest BCUT2D eigenvalue weighted by atomic mass is 10.1. The lowest BCUT2D eigenvalue weighted by Gasteiger charge is -2.10. The molecule has 0 bridgehead atoms. The molecule has 1 heterocycles. The second kappa shape index (κ2) is 7.14. The van der Waals surface area contributed by atoms with Crippen molar-refractivity contribution in [2.24, 2.45) is 12.1 Å². The van der Waals surface area contributed by atoms with Crippen LogP contribution in [0.4, 0.5) is 5.69 Å². The molecule has 0 fully saturated rings. The topological polar surface area (TPSA) is 90.4 Å². The molecule has 0 unspecified atom stereocenters. The fourth-order valence-electron chi connectivity index (χ4n) is 2.00. The Labute approximate surface area is 152 Å².